The van der Waals surface area contributed by atoms with Crippen molar-refractivity contribution in [3.8, 4) is 0 Å². The van der Waals surface area contributed by atoms with Gasteiger partial charge in [0.25, 0.3) is 0 Å². The van der Waals surface area contributed by atoms with Crippen molar-refractivity contribution in [3.63, 3.8) is 0 Å². The minimum absolute atomic E-state index is 0.00584. The number of carbonyl (C=O) groups is 2. The van der Waals surface area contributed by atoms with Crippen LogP contribution in [0.5, 0.6) is 0 Å². The second-order valence-electron chi connectivity index (χ2n) is 7.25. The number of rotatable bonds is 4. The first kappa shape index (κ1) is 18.7. The molecule has 0 atom stereocenters. The zero-order valence-corrected chi connectivity index (χ0v) is 14.6. The van der Waals surface area contributed by atoms with E-state index < -0.39 is 5.60 Å². The summed E-state index contributed by atoms with van der Waals surface area (Å²) in [6.45, 7) is 11.8. The fraction of sp³-hybridized carbons (Fsp3) is 0.875. The summed E-state index contributed by atoms with van der Waals surface area (Å²) in [7, 11) is 0. The minimum atomic E-state index is -0.485. The van der Waals surface area contributed by atoms with Gasteiger partial charge in [0.15, 0.2) is 0 Å². The molecule has 1 saturated heterocycles. The summed E-state index contributed by atoms with van der Waals surface area (Å²) in [6.07, 6.45) is 1.54. The van der Waals surface area contributed by atoms with Crippen LogP contribution in [0.1, 0.15) is 47.5 Å². The van der Waals surface area contributed by atoms with Gasteiger partial charge in [-0.15, -0.1) is 0 Å². The molecule has 0 radical (unpaired) electrons. The molecule has 1 rings (SSSR count). The molecule has 0 aromatic rings. The molecule has 1 aliphatic heterocycles. The summed E-state index contributed by atoms with van der Waals surface area (Å²) in [6, 6.07) is 0.0959. The lowest BCUT2D eigenvalue weighted by Crippen LogP contribution is -2.47. The Balaban J connectivity index is 2.55. The Bertz CT molecular complexity index is 383. The van der Waals surface area contributed by atoms with Crippen molar-refractivity contribution in [2.24, 2.45) is 11.7 Å². The van der Waals surface area contributed by atoms with Gasteiger partial charge in [-0.1, -0.05) is 0 Å². The summed E-state index contributed by atoms with van der Waals surface area (Å²) in [5.74, 6) is 0.406. The fourth-order valence-corrected chi connectivity index (χ4v) is 2.59. The minimum Gasteiger partial charge on any atom is -0.444 e. The van der Waals surface area contributed by atoms with Crippen molar-refractivity contribution in [1.82, 2.24) is 9.80 Å². The molecule has 0 aromatic heterocycles. The molecule has 0 spiro atoms. The van der Waals surface area contributed by atoms with Gasteiger partial charge in [-0.2, -0.15) is 0 Å². The second kappa shape index (κ2) is 7.81. The molecule has 1 fully saturated rings. The summed E-state index contributed by atoms with van der Waals surface area (Å²) >= 11 is 0. The molecule has 0 saturated carbocycles. The third-order valence-corrected chi connectivity index (χ3v) is 3.85. The molecule has 6 heteroatoms. The Morgan fingerprint density at radius 2 is 1.82 bits per heavy atom. The SMILES string of the molecule is CC(C)N(CC1CCN(C(=O)CN)CC1)C(=O)OC(C)(C)C. The molecule has 2 N–H and O–H groups in total. The van der Waals surface area contributed by atoms with Crippen LogP contribution < -0.4 is 5.73 Å². The van der Waals surface area contributed by atoms with E-state index in [9.17, 15) is 9.59 Å². The van der Waals surface area contributed by atoms with Crippen molar-refractivity contribution in [1.29, 1.82) is 0 Å². The molecule has 1 heterocycles. The summed E-state index contributed by atoms with van der Waals surface area (Å²) in [4.78, 5) is 27.5. The Hall–Kier alpha value is -1.30. The van der Waals surface area contributed by atoms with E-state index in [0.717, 1.165) is 25.9 Å². The Kier molecular flexibility index (Phi) is 6.66. The summed E-state index contributed by atoms with van der Waals surface area (Å²) in [5.41, 5.74) is 4.91. The number of nitrogens with two attached hydrogens (primary N) is 1. The Labute approximate surface area is 134 Å². The predicted molar refractivity (Wildman–Crippen MR) is 86.4 cm³/mol. The average Bonchev–Trinajstić information content (AvgIpc) is 2.42. The maximum absolute atomic E-state index is 12.3. The lowest BCUT2D eigenvalue weighted by Gasteiger charge is -2.36. The molecule has 1 aliphatic rings. The van der Waals surface area contributed by atoms with Gasteiger partial charge in [0.05, 0.1) is 6.54 Å². The molecule has 0 aliphatic carbocycles. The van der Waals surface area contributed by atoms with E-state index in [-0.39, 0.29) is 24.6 Å². The molecule has 2 amide bonds. The maximum Gasteiger partial charge on any atom is 0.410 e. The molecule has 22 heavy (non-hydrogen) atoms. The molecule has 6 nitrogen and oxygen atoms in total. The lowest BCUT2D eigenvalue weighted by molar-refractivity contribution is -0.131. The van der Waals surface area contributed by atoms with E-state index in [4.69, 9.17) is 10.5 Å². The molecular weight excluding hydrogens is 282 g/mol. The first-order valence-electron chi connectivity index (χ1n) is 8.11. The maximum atomic E-state index is 12.3. The van der Waals surface area contributed by atoms with Crippen LogP contribution in [0.25, 0.3) is 0 Å². The fourth-order valence-electron chi connectivity index (χ4n) is 2.59. The summed E-state index contributed by atoms with van der Waals surface area (Å²) in [5, 5.41) is 0. The van der Waals surface area contributed by atoms with Crippen molar-refractivity contribution in [3.05, 3.63) is 0 Å². The largest absolute Gasteiger partial charge is 0.444 e. The van der Waals surface area contributed by atoms with Crippen molar-refractivity contribution in [2.75, 3.05) is 26.2 Å². The van der Waals surface area contributed by atoms with Crippen LogP contribution in [0.4, 0.5) is 4.79 Å². The molecule has 0 bridgehead atoms. The van der Waals surface area contributed by atoms with Crippen LogP contribution in [0.15, 0.2) is 0 Å². The van der Waals surface area contributed by atoms with Gasteiger partial charge in [-0.25, -0.2) is 4.79 Å². The monoisotopic (exact) mass is 313 g/mol. The quantitative estimate of drug-likeness (QED) is 0.859. The van der Waals surface area contributed by atoms with Gasteiger partial charge in [0.1, 0.15) is 5.60 Å². The van der Waals surface area contributed by atoms with Gasteiger partial charge < -0.3 is 20.3 Å². The first-order valence-corrected chi connectivity index (χ1v) is 8.11. The van der Waals surface area contributed by atoms with Gasteiger partial charge >= 0.3 is 6.09 Å². The first-order chi connectivity index (χ1) is 10.1. The molecule has 128 valence electrons. The van der Waals surface area contributed by atoms with Crippen LogP contribution in [-0.2, 0) is 9.53 Å². The number of piperidine rings is 1. The third kappa shape index (κ3) is 5.83. The van der Waals surface area contributed by atoms with Crippen molar-refractivity contribution in [2.45, 2.75) is 59.1 Å². The average molecular weight is 313 g/mol. The number of likely N-dealkylation sites (tertiary alicyclic amines) is 1. The van der Waals surface area contributed by atoms with Gasteiger partial charge in [-0.3, -0.25) is 4.79 Å². The van der Waals surface area contributed by atoms with Crippen LogP contribution in [0.3, 0.4) is 0 Å². The van der Waals surface area contributed by atoms with E-state index in [1.807, 2.05) is 39.5 Å². The summed E-state index contributed by atoms with van der Waals surface area (Å²) < 4.78 is 5.49. The van der Waals surface area contributed by atoms with Crippen LogP contribution in [0, 0.1) is 5.92 Å². The second-order valence-corrected chi connectivity index (χ2v) is 7.25. The Morgan fingerprint density at radius 3 is 2.23 bits per heavy atom. The highest BCUT2D eigenvalue weighted by molar-refractivity contribution is 5.78. The highest BCUT2D eigenvalue weighted by Crippen LogP contribution is 2.21. The number of hydrogen-bond acceptors (Lipinski definition) is 4. The zero-order valence-electron chi connectivity index (χ0n) is 14.6. The third-order valence-electron chi connectivity index (χ3n) is 3.85. The smallest absolute Gasteiger partial charge is 0.410 e. The molecular formula is C16H31N3O3. The number of amides is 2. The predicted octanol–water partition coefficient (Wildman–Crippen LogP) is 1.83. The molecule has 0 unspecified atom stereocenters. The highest BCUT2D eigenvalue weighted by atomic mass is 16.6. The number of nitrogens with zero attached hydrogens (tertiary/aromatic N) is 2. The molecule has 0 aromatic carbocycles. The number of ether oxygens (including phenoxy) is 1. The normalized spacial score (nSPS) is 16.8. The number of carbonyl (C=O) groups excluding carboxylic acids is 2. The Morgan fingerprint density at radius 1 is 1.27 bits per heavy atom. The van der Waals surface area contributed by atoms with E-state index in [0.29, 0.717) is 12.5 Å². The van der Waals surface area contributed by atoms with Crippen molar-refractivity contribution >= 4 is 12.0 Å². The zero-order chi connectivity index (χ0) is 16.9. The van der Waals surface area contributed by atoms with Gasteiger partial charge in [0, 0.05) is 25.7 Å². The van der Waals surface area contributed by atoms with Gasteiger partial charge in [0.2, 0.25) is 5.91 Å². The van der Waals surface area contributed by atoms with Crippen LogP contribution in [-0.4, -0.2) is 59.6 Å². The standard InChI is InChI=1S/C16H31N3O3/c1-12(2)19(15(21)22-16(3,4)5)11-13-6-8-18(9-7-13)14(20)10-17/h12-13H,6-11,17H2,1-5H3. The van der Waals surface area contributed by atoms with E-state index in [1.54, 1.807) is 4.90 Å². The van der Waals surface area contributed by atoms with Crippen LogP contribution >= 0.6 is 0 Å². The number of hydrogen-bond donors (Lipinski definition) is 1. The lowest BCUT2D eigenvalue weighted by atomic mass is 9.95. The highest BCUT2D eigenvalue weighted by Gasteiger charge is 2.29. The van der Waals surface area contributed by atoms with Crippen LogP contribution in [0.2, 0.25) is 0 Å². The van der Waals surface area contributed by atoms with Crippen molar-refractivity contribution < 1.29 is 14.3 Å². The van der Waals surface area contributed by atoms with E-state index in [1.165, 1.54) is 0 Å². The van der Waals surface area contributed by atoms with E-state index >= 15 is 0 Å². The van der Waals surface area contributed by atoms with E-state index in [2.05, 4.69) is 0 Å². The topological polar surface area (TPSA) is 75.9 Å². The van der Waals surface area contributed by atoms with Gasteiger partial charge in [-0.05, 0) is 53.4 Å².